The van der Waals surface area contributed by atoms with Gasteiger partial charge in [0.2, 0.25) is 0 Å². The number of hydrogen-bond donors (Lipinski definition) is 1. The molecule has 2 nitrogen and oxygen atoms in total. The Hall–Kier alpha value is -1.67. The molecule has 3 rings (SSSR count). The van der Waals surface area contributed by atoms with Gasteiger partial charge in [-0.2, -0.15) is 0 Å². The van der Waals surface area contributed by atoms with E-state index in [1.54, 1.807) is 0 Å². The second-order valence-electron chi connectivity index (χ2n) is 5.89. The molecule has 0 amide bonds. The Kier molecular flexibility index (Phi) is 3.58. The molecular weight excluding hydrogens is 246 g/mol. The van der Waals surface area contributed by atoms with Crippen molar-refractivity contribution in [3.8, 4) is 0 Å². The minimum absolute atomic E-state index is 0.518. The van der Waals surface area contributed by atoms with Crippen LogP contribution in [-0.2, 0) is 19.3 Å². The molecular formula is C18H21NO. The molecule has 0 fully saturated rings. The van der Waals surface area contributed by atoms with E-state index in [9.17, 15) is 5.11 Å². The van der Waals surface area contributed by atoms with E-state index in [2.05, 4.69) is 29.2 Å². The second kappa shape index (κ2) is 5.37. The van der Waals surface area contributed by atoms with Crippen molar-refractivity contribution in [1.29, 1.82) is 0 Å². The maximum Gasteiger partial charge on any atom is 0.100 e. The monoisotopic (exact) mass is 267 g/mol. The summed E-state index contributed by atoms with van der Waals surface area (Å²) >= 11 is 0. The highest BCUT2D eigenvalue weighted by molar-refractivity contribution is 5.36. The molecule has 0 aliphatic heterocycles. The molecule has 0 bridgehead atoms. The van der Waals surface area contributed by atoms with Gasteiger partial charge in [0.15, 0.2) is 0 Å². The first-order valence-corrected chi connectivity index (χ1v) is 7.35. The summed E-state index contributed by atoms with van der Waals surface area (Å²) in [5.41, 5.74) is 7.15. The van der Waals surface area contributed by atoms with E-state index in [0.717, 1.165) is 16.8 Å². The van der Waals surface area contributed by atoms with Gasteiger partial charge in [-0.05, 0) is 60.9 Å². The summed E-state index contributed by atoms with van der Waals surface area (Å²) in [6, 6.07) is 8.71. The van der Waals surface area contributed by atoms with Crippen molar-refractivity contribution < 1.29 is 5.11 Å². The van der Waals surface area contributed by atoms with Gasteiger partial charge < -0.3 is 5.11 Å². The molecule has 1 aliphatic rings. The molecule has 0 saturated heterocycles. The van der Waals surface area contributed by atoms with Crippen molar-refractivity contribution in [2.45, 2.75) is 45.6 Å². The predicted octanol–water partition coefficient (Wildman–Crippen LogP) is 3.46. The Labute approximate surface area is 120 Å². The number of hydrogen-bond acceptors (Lipinski definition) is 2. The van der Waals surface area contributed by atoms with Gasteiger partial charge in [0.25, 0.3) is 0 Å². The molecule has 20 heavy (non-hydrogen) atoms. The molecule has 1 aromatic heterocycles. The van der Waals surface area contributed by atoms with Crippen molar-refractivity contribution in [3.05, 3.63) is 64.0 Å². The molecule has 1 N–H and O–H groups in total. The molecule has 1 aromatic carbocycles. The summed E-state index contributed by atoms with van der Waals surface area (Å²) in [5, 5.41) is 10.4. The number of aliphatic hydroxyl groups excluding tert-OH is 1. The van der Waals surface area contributed by atoms with Crippen molar-refractivity contribution >= 4 is 0 Å². The normalized spacial score (nSPS) is 15.2. The lowest BCUT2D eigenvalue weighted by Crippen LogP contribution is -2.07. The van der Waals surface area contributed by atoms with E-state index in [1.807, 2.05) is 20.0 Å². The zero-order valence-electron chi connectivity index (χ0n) is 12.2. The van der Waals surface area contributed by atoms with Gasteiger partial charge in [-0.3, -0.25) is 4.98 Å². The average Bonchev–Trinajstić information content (AvgIpc) is 2.85. The predicted molar refractivity (Wildman–Crippen MR) is 80.8 cm³/mol. The number of benzene rings is 1. The fourth-order valence-corrected chi connectivity index (χ4v) is 3.15. The summed E-state index contributed by atoms with van der Waals surface area (Å²) in [6.45, 7) is 4.04. The lowest BCUT2D eigenvalue weighted by molar-refractivity contribution is 0.173. The molecule has 0 spiro atoms. The molecule has 104 valence electrons. The minimum atomic E-state index is -0.518. The highest BCUT2D eigenvalue weighted by Gasteiger charge is 2.15. The Morgan fingerprint density at radius 1 is 1.15 bits per heavy atom. The summed E-state index contributed by atoms with van der Waals surface area (Å²) in [4.78, 5) is 4.40. The SMILES string of the molecule is Cc1cnc(C(O)Cc2ccc3c(c2)CCC3)c(C)c1. The third-order valence-corrected chi connectivity index (χ3v) is 4.16. The largest absolute Gasteiger partial charge is 0.386 e. The number of aromatic nitrogens is 1. The maximum absolute atomic E-state index is 10.4. The van der Waals surface area contributed by atoms with Crippen LogP contribution in [0.1, 0.15) is 46.0 Å². The number of pyridine rings is 1. The fourth-order valence-electron chi connectivity index (χ4n) is 3.15. The highest BCUT2D eigenvalue weighted by Crippen LogP contribution is 2.26. The van der Waals surface area contributed by atoms with E-state index in [4.69, 9.17) is 0 Å². The van der Waals surface area contributed by atoms with Gasteiger partial charge >= 0.3 is 0 Å². The van der Waals surface area contributed by atoms with Crippen molar-refractivity contribution in [1.82, 2.24) is 4.98 Å². The third kappa shape index (κ3) is 2.61. The van der Waals surface area contributed by atoms with Crippen LogP contribution in [-0.4, -0.2) is 10.1 Å². The van der Waals surface area contributed by atoms with E-state index >= 15 is 0 Å². The lowest BCUT2D eigenvalue weighted by Gasteiger charge is -2.14. The number of rotatable bonds is 3. The molecule has 1 atom stereocenters. The zero-order chi connectivity index (χ0) is 14.1. The van der Waals surface area contributed by atoms with Gasteiger partial charge in [0.1, 0.15) is 6.10 Å². The second-order valence-corrected chi connectivity index (χ2v) is 5.89. The van der Waals surface area contributed by atoms with Crippen molar-refractivity contribution in [2.24, 2.45) is 0 Å². The maximum atomic E-state index is 10.4. The molecule has 1 unspecified atom stereocenters. The van der Waals surface area contributed by atoms with E-state index in [0.29, 0.717) is 6.42 Å². The number of fused-ring (bicyclic) bond motifs is 1. The lowest BCUT2D eigenvalue weighted by atomic mass is 9.99. The molecule has 0 radical (unpaired) electrons. The van der Waals surface area contributed by atoms with Gasteiger partial charge in [-0.15, -0.1) is 0 Å². The molecule has 2 heteroatoms. The Morgan fingerprint density at radius 2 is 1.95 bits per heavy atom. The van der Waals surface area contributed by atoms with Crippen LogP contribution in [0, 0.1) is 13.8 Å². The Morgan fingerprint density at radius 3 is 2.75 bits per heavy atom. The highest BCUT2D eigenvalue weighted by atomic mass is 16.3. The van der Waals surface area contributed by atoms with Crippen LogP contribution in [0.2, 0.25) is 0 Å². The Balaban J connectivity index is 1.80. The smallest absolute Gasteiger partial charge is 0.100 e. The van der Waals surface area contributed by atoms with Crippen LogP contribution in [0.4, 0.5) is 0 Å². The van der Waals surface area contributed by atoms with Gasteiger partial charge in [0, 0.05) is 12.6 Å². The van der Waals surface area contributed by atoms with E-state index < -0.39 is 6.10 Å². The number of aliphatic hydroxyl groups is 1. The Bertz CT molecular complexity index is 633. The van der Waals surface area contributed by atoms with Crippen molar-refractivity contribution in [3.63, 3.8) is 0 Å². The topological polar surface area (TPSA) is 33.1 Å². The summed E-state index contributed by atoms with van der Waals surface area (Å²) in [7, 11) is 0. The van der Waals surface area contributed by atoms with Crippen LogP contribution in [0.3, 0.4) is 0 Å². The fraction of sp³-hybridized carbons (Fsp3) is 0.389. The van der Waals surface area contributed by atoms with Crippen LogP contribution in [0.25, 0.3) is 0 Å². The molecule has 1 aliphatic carbocycles. The first-order chi connectivity index (χ1) is 9.63. The minimum Gasteiger partial charge on any atom is -0.386 e. The van der Waals surface area contributed by atoms with Gasteiger partial charge in [0.05, 0.1) is 5.69 Å². The van der Waals surface area contributed by atoms with Gasteiger partial charge in [-0.25, -0.2) is 0 Å². The summed E-state index contributed by atoms with van der Waals surface area (Å²) < 4.78 is 0. The van der Waals surface area contributed by atoms with E-state index in [1.165, 1.54) is 36.0 Å². The molecule has 1 heterocycles. The number of nitrogens with zero attached hydrogens (tertiary/aromatic N) is 1. The van der Waals surface area contributed by atoms with Gasteiger partial charge in [-0.1, -0.05) is 24.3 Å². The molecule has 0 saturated carbocycles. The first kappa shape index (κ1) is 13.3. The van der Waals surface area contributed by atoms with Crippen LogP contribution >= 0.6 is 0 Å². The summed E-state index contributed by atoms with van der Waals surface area (Å²) in [6.07, 6.45) is 5.60. The van der Waals surface area contributed by atoms with Crippen molar-refractivity contribution in [2.75, 3.05) is 0 Å². The van der Waals surface area contributed by atoms with E-state index in [-0.39, 0.29) is 0 Å². The zero-order valence-corrected chi connectivity index (χ0v) is 12.2. The standard InChI is InChI=1S/C18H21NO/c1-12-8-13(2)18(19-11-12)17(20)10-14-6-7-15-4-3-5-16(15)9-14/h6-9,11,17,20H,3-5,10H2,1-2H3. The van der Waals surface area contributed by atoms with Crippen LogP contribution in [0.15, 0.2) is 30.5 Å². The number of aryl methyl sites for hydroxylation is 4. The van der Waals surface area contributed by atoms with Crippen LogP contribution < -0.4 is 0 Å². The summed E-state index contributed by atoms with van der Waals surface area (Å²) in [5.74, 6) is 0. The third-order valence-electron chi connectivity index (χ3n) is 4.16. The quantitative estimate of drug-likeness (QED) is 0.923. The first-order valence-electron chi connectivity index (χ1n) is 7.35. The molecule has 2 aromatic rings. The average molecular weight is 267 g/mol. The van der Waals surface area contributed by atoms with Crippen LogP contribution in [0.5, 0.6) is 0 Å².